The molecule has 1 saturated heterocycles. The first-order chi connectivity index (χ1) is 18.8. The predicted octanol–water partition coefficient (Wildman–Crippen LogP) is 3.46. The number of ether oxygens (including phenoxy) is 4. The molecule has 0 radical (unpaired) electrons. The molecule has 2 atom stereocenters. The van der Waals surface area contributed by atoms with Crippen LogP contribution in [0.25, 0.3) is 0 Å². The topological polar surface area (TPSA) is 89.6 Å². The average molecular weight is 548 g/mol. The largest absolute Gasteiger partial charge is 0.493 e. The van der Waals surface area contributed by atoms with Crippen LogP contribution in [0.5, 0.6) is 11.5 Å². The standard InChI is InChI=1S/C30H49N3O6/c1-21(2)33(30(35)23-10-13-27(38-6)28(16-23)39-15-7-14-36-4)20-25-18-31-17-24(25)19-32(3)29(34)22-8-11-26(37-5)12-9-22/h10,13,16,21-22,24-26,31H,7-9,11-12,14-15,17-20H2,1-6H3/t22-,24-,25-,26-/m0/s1. The third-order valence-corrected chi connectivity index (χ3v) is 8.20. The van der Waals surface area contributed by atoms with Gasteiger partial charge in [0.1, 0.15) is 0 Å². The Balaban J connectivity index is 1.63. The normalized spacial score (nSPS) is 23.1. The molecule has 9 heteroatoms. The third kappa shape index (κ3) is 8.56. The van der Waals surface area contributed by atoms with Gasteiger partial charge in [-0.3, -0.25) is 9.59 Å². The minimum Gasteiger partial charge on any atom is -0.493 e. The van der Waals surface area contributed by atoms with Crippen molar-refractivity contribution in [2.45, 2.75) is 58.1 Å². The van der Waals surface area contributed by atoms with Gasteiger partial charge in [-0.15, -0.1) is 0 Å². The SMILES string of the molecule is COCCCOc1cc(C(=O)N(C[C@@H]2CNC[C@H]2CN(C)C(=O)[C@H]2CC[C@H](OC)CC2)C(C)C)ccc1OC. The summed E-state index contributed by atoms with van der Waals surface area (Å²) in [5, 5.41) is 3.50. The molecular formula is C30H49N3O6. The van der Waals surface area contributed by atoms with Gasteiger partial charge in [-0.25, -0.2) is 0 Å². The Morgan fingerprint density at radius 3 is 2.28 bits per heavy atom. The second-order valence-corrected chi connectivity index (χ2v) is 11.2. The Bertz CT molecular complexity index is 918. The zero-order valence-corrected chi connectivity index (χ0v) is 24.7. The average Bonchev–Trinajstić information content (AvgIpc) is 3.39. The highest BCUT2D eigenvalue weighted by atomic mass is 16.5. The minimum absolute atomic E-state index is 0.0284. The molecule has 1 aromatic rings. The van der Waals surface area contributed by atoms with Crippen molar-refractivity contribution in [3.63, 3.8) is 0 Å². The highest BCUT2D eigenvalue weighted by Crippen LogP contribution is 2.31. The minimum atomic E-state index is -0.0284. The van der Waals surface area contributed by atoms with E-state index in [-0.39, 0.29) is 35.8 Å². The summed E-state index contributed by atoms with van der Waals surface area (Å²) in [4.78, 5) is 30.7. The van der Waals surface area contributed by atoms with Crippen molar-refractivity contribution in [3.8, 4) is 11.5 Å². The summed E-state index contributed by atoms with van der Waals surface area (Å²) in [6, 6.07) is 5.40. The molecule has 1 aliphatic carbocycles. The van der Waals surface area contributed by atoms with Crippen LogP contribution in [-0.4, -0.2) is 102 Å². The number of amides is 2. The van der Waals surface area contributed by atoms with Gasteiger partial charge in [0.05, 0.1) is 19.8 Å². The highest BCUT2D eigenvalue weighted by Gasteiger charge is 2.35. The van der Waals surface area contributed by atoms with Crippen LogP contribution in [0.15, 0.2) is 18.2 Å². The fraction of sp³-hybridized carbons (Fsp3) is 0.733. The summed E-state index contributed by atoms with van der Waals surface area (Å²) < 4.78 is 21.9. The van der Waals surface area contributed by atoms with Crippen LogP contribution in [0.3, 0.4) is 0 Å². The van der Waals surface area contributed by atoms with E-state index in [1.165, 1.54) is 0 Å². The van der Waals surface area contributed by atoms with Gasteiger partial charge in [-0.1, -0.05) is 0 Å². The van der Waals surface area contributed by atoms with Crippen molar-refractivity contribution in [2.75, 3.05) is 67.8 Å². The molecule has 2 aliphatic rings. The van der Waals surface area contributed by atoms with Gasteiger partial charge in [0.25, 0.3) is 5.91 Å². The maximum Gasteiger partial charge on any atom is 0.254 e. The van der Waals surface area contributed by atoms with Crippen molar-refractivity contribution >= 4 is 11.8 Å². The molecule has 1 aliphatic heterocycles. The number of nitrogens with one attached hydrogen (secondary N) is 1. The fourth-order valence-electron chi connectivity index (χ4n) is 5.77. The Morgan fingerprint density at radius 2 is 1.67 bits per heavy atom. The number of rotatable bonds is 14. The van der Waals surface area contributed by atoms with E-state index in [0.29, 0.717) is 49.3 Å². The van der Waals surface area contributed by atoms with Gasteiger partial charge in [-0.05, 0) is 69.6 Å². The van der Waals surface area contributed by atoms with Crippen LogP contribution >= 0.6 is 0 Å². The maximum atomic E-state index is 13.7. The quantitative estimate of drug-likeness (QED) is 0.357. The Labute approximate surface area is 234 Å². The van der Waals surface area contributed by atoms with Crippen molar-refractivity contribution in [2.24, 2.45) is 17.8 Å². The van der Waals surface area contributed by atoms with Gasteiger partial charge in [0.2, 0.25) is 5.91 Å². The monoisotopic (exact) mass is 547 g/mol. The first-order valence-electron chi connectivity index (χ1n) is 14.4. The zero-order valence-electron chi connectivity index (χ0n) is 24.7. The molecule has 3 rings (SSSR count). The smallest absolute Gasteiger partial charge is 0.254 e. The lowest BCUT2D eigenvalue weighted by Crippen LogP contribution is -2.44. The second kappa shape index (κ2) is 15.4. The summed E-state index contributed by atoms with van der Waals surface area (Å²) >= 11 is 0. The van der Waals surface area contributed by atoms with Gasteiger partial charge < -0.3 is 34.1 Å². The lowest BCUT2D eigenvalue weighted by Gasteiger charge is -2.34. The molecule has 1 aromatic carbocycles. The van der Waals surface area contributed by atoms with E-state index in [1.54, 1.807) is 39.5 Å². The third-order valence-electron chi connectivity index (χ3n) is 8.20. The van der Waals surface area contributed by atoms with Crippen LogP contribution in [0, 0.1) is 17.8 Å². The number of nitrogens with zero attached hydrogens (tertiary/aromatic N) is 2. The summed E-state index contributed by atoms with van der Waals surface area (Å²) in [6.45, 7) is 8.19. The summed E-state index contributed by atoms with van der Waals surface area (Å²) in [7, 11) is 6.94. The second-order valence-electron chi connectivity index (χ2n) is 11.2. The number of carbonyl (C=O) groups is 2. The Kier molecular flexibility index (Phi) is 12.3. The lowest BCUT2D eigenvalue weighted by molar-refractivity contribution is -0.136. The van der Waals surface area contributed by atoms with Gasteiger partial charge in [-0.2, -0.15) is 0 Å². The molecule has 0 aromatic heterocycles. The number of hydrogen-bond acceptors (Lipinski definition) is 7. The maximum absolute atomic E-state index is 13.7. The molecular weight excluding hydrogens is 498 g/mol. The van der Waals surface area contributed by atoms with Crippen LogP contribution in [-0.2, 0) is 14.3 Å². The number of benzene rings is 1. The summed E-state index contributed by atoms with van der Waals surface area (Å²) in [6.07, 6.45) is 4.71. The first-order valence-corrected chi connectivity index (χ1v) is 14.4. The molecule has 2 amide bonds. The number of carbonyl (C=O) groups excluding carboxylic acids is 2. The summed E-state index contributed by atoms with van der Waals surface area (Å²) in [5.74, 6) is 2.01. The van der Waals surface area contributed by atoms with Crippen molar-refractivity contribution < 1.29 is 28.5 Å². The molecule has 2 fully saturated rings. The van der Waals surface area contributed by atoms with Crippen molar-refractivity contribution in [3.05, 3.63) is 23.8 Å². The molecule has 0 unspecified atom stereocenters. The van der Waals surface area contributed by atoms with E-state index in [0.717, 1.165) is 45.2 Å². The molecule has 0 bridgehead atoms. The number of methoxy groups -OCH3 is 3. The first kappa shape index (κ1) is 31.2. The molecule has 0 spiro atoms. The Morgan fingerprint density at radius 1 is 0.974 bits per heavy atom. The predicted molar refractivity (Wildman–Crippen MR) is 151 cm³/mol. The van der Waals surface area contributed by atoms with E-state index in [1.807, 2.05) is 30.7 Å². The van der Waals surface area contributed by atoms with Gasteiger partial charge >= 0.3 is 0 Å². The van der Waals surface area contributed by atoms with Crippen LogP contribution < -0.4 is 14.8 Å². The Hall–Kier alpha value is -2.36. The van der Waals surface area contributed by atoms with Gasteiger partial charge in [0, 0.05) is 78.0 Å². The fourth-order valence-corrected chi connectivity index (χ4v) is 5.77. The number of hydrogen-bond donors (Lipinski definition) is 1. The molecule has 1 N–H and O–H groups in total. The molecule has 1 heterocycles. The van der Waals surface area contributed by atoms with Gasteiger partial charge in [0.15, 0.2) is 11.5 Å². The molecule has 220 valence electrons. The van der Waals surface area contributed by atoms with Crippen molar-refractivity contribution in [1.29, 1.82) is 0 Å². The van der Waals surface area contributed by atoms with Crippen molar-refractivity contribution in [1.82, 2.24) is 15.1 Å². The van der Waals surface area contributed by atoms with Crippen LogP contribution in [0.4, 0.5) is 0 Å². The lowest BCUT2D eigenvalue weighted by atomic mass is 9.86. The van der Waals surface area contributed by atoms with E-state index in [4.69, 9.17) is 18.9 Å². The zero-order chi connectivity index (χ0) is 28.4. The molecule has 9 nitrogen and oxygen atoms in total. The van der Waals surface area contributed by atoms with E-state index in [2.05, 4.69) is 5.32 Å². The van der Waals surface area contributed by atoms with Crippen LogP contribution in [0.1, 0.15) is 56.3 Å². The molecule has 39 heavy (non-hydrogen) atoms. The van der Waals surface area contributed by atoms with E-state index in [9.17, 15) is 9.59 Å². The summed E-state index contributed by atoms with van der Waals surface area (Å²) in [5.41, 5.74) is 0.577. The van der Waals surface area contributed by atoms with E-state index < -0.39 is 0 Å². The van der Waals surface area contributed by atoms with Crippen LogP contribution in [0.2, 0.25) is 0 Å². The van der Waals surface area contributed by atoms with E-state index >= 15 is 0 Å². The highest BCUT2D eigenvalue weighted by molar-refractivity contribution is 5.95. The molecule has 1 saturated carbocycles.